The van der Waals surface area contributed by atoms with Gasteiger partial charge in [0, 0.05) is 55.6 Å². The molecule has 0 aliphatic rings. The molecule has 0 aliphatic carbocycles. The molecule has 1 aromatic carbocycles. The average molecular weight is 443 g/mol. The Balaban J connectivity index is 1.64. The molecule has 2 heterocycles. The second-order valence-electron chi connectivity index (χ2n) is 6.87. The first kappa shape index (κ1) is 23.1. The monoisotopic (exact) mass is 442 g/mol. The lowest BCUT2D eigenvalue weighted by atomic mass is 10.1. The Morgan fingerprint density at radius 3 is 2.29 bits per heavy atom. The molecular weight excluding hydrogens is 412 g/mol. The zero-order valence-corrected chi connectivity index (χ0v) is 19.3. The van der Waals surface area contributed by atoms with E-state index in [2.05, 4.69) is 20.6 Å². The lowest BCUT2D eigenvalue weighted by Crippen LogP contribution is -2.46. The summed E-state index contributed by atoms with van der Waals surface area (Å²) in [6.45, 7) is 7.91. The number of urea groups is 1. The van der Waals surface area contributed by atoms with Crippen LogP contribution < -0.4 is 10.6 Å². The van der Waals surface area contributed by atoms with E-state index in [1.807, 2.05) is 51.1 Å². The molecule has 0 radical (unpaired) electrons. The minimum absolute atomic E-state index is 0.273. The Labute approximate surface area is 183 Å². The smallest absolute Gasteiger partial charge is 0.374 e. The molecule has 0 saturated carbocycles. The number of nitrogens with one attached hydrogen (secondary N) is 2. The van der Waals surface area contributed by atoms with Gasteiger partial charge in [-0.25, -0.2) is 4.79 Å². The van der Waals surface area contributed by atoms with Crippen LogP contribution in [0.3, 0.4) is 0 Å². The van der Waals surface area contributed by atoms with Crippen LogP contribution in [0.5, 0.6) is 0 Å². The van der Waals surface area contributed by atoms with E-state index < -0.39 is 8.80 Å². The van der Waals surface area contributed by atoms with Gasteiger partial charge >= 0.3 is 14.8 Å². The molecule has 0 spiro atoms. The summed E-state index contributed by atoms with van der Waals surface area (Å²) >= 11 is 0. The topological polar surface area (TPSA) is 94.6 Å². The summed E-state index contributed by atoms with van der Waals surface area (Å²) in [5, 5.41) is 7.63. The van der Waals surface area contributed by atoms with Crippen LogP contribution >= 0.6 is 0 Å². The molecular formula is C22H30N4O4Si. The Bertz CT molecular complexity index is 1000. The third-order valence-corrected chi connectivity index (χ3v) is 7.90. The first-order valence-corrected chi connectivity index (χ1v) is 12.6. The van der Waals surface area contributed by atoms with Crippen LogP contribution in [-0.4, -0.2) is 51.2 Å². The van der Waals surface area contributed by atoms with Crippen LogP contribution in [0.4, 0.5) is 10.5 Å². The quantitative estimate of drug-likeness (QED) is 0.261. The van der Waals surface area contributed by atoms with Crippen molar-refractivity contribution in [3.63, 3.8) is 0 Å². The highest BCUT2D eigenvalue weighted by atomic mass is 28.4. The van der Waals surface area contributed by atoms with Gasteiger partial charge in [0.1, 0.15) is 0 Å². The molecule has 3 aromatic rings. The molecule has 0 saturated heterocycles. The SMILES string of the molecule is CCO[Si](CCCNC(=O)Nc1cc2cccnc2c2ncccc12)(OCC)OCC. The Hall–Kier alpha value is -2.59. The Morgan fingerprint density at radius 2 is 1.61 bits per heavy atom. The molecule has 9 heteroatoms. The third kappa shape index (κ3) is 5.76. The molecule has 3 rings (SSSR count). The summed E-state index contributed by atoms with van der Waals surface area (Å²) in [6.07, 6.45) is 4.17. The van der Waals surface area contributed by atoms with Crippen LogP contribution in [0.1, 0.15) is 27.2 Å². The van der Waals surface area contributed by atoms with Crippen LogP contribution in [0.15, 0.2) is 42.7 Å². The van der Waals surface area contributed by atoms with Crippen molar-refractivity contribution in [2.75, 3.05) is 31.7 Å². The predicted octanol–water partition coefficient (Wildman–Crippen LogP) is 4.34. The fraction of sp³-hybridized carbons (Fsp3) is 0.409. The number of pyridine rings is 2. The molecule has 0 unspecified atom stereocenters. The van der Waals surface area contributed by atoms with E-state index in [0.717, 1.165) is 21.8 Å². The molecule has 2 amide bonds. The van der Waals surface area contributed by atoms with Crippen molar-refractivity contribution in [1.82, 2.24) is 15.3 Å². The molecule has 2 N–H and O–H groups in total. The molecule has 31 heavy (non-hydrogen) atoms. The number of anilines is 1. The molecule has 0 bridgehead atoms. The van der Waals surface area contributed by atoms with Gasteiger partial charge in [-0.1, -0.05) is 6.07 Å². The summed E-state index contributed by atoms with van der Waals surface area (Å²) < 4.78 is 17.6. The van der Waals surface area contributed by atoms with Gasteiger partial charge in [-0.05, 0) is 51.5 Å². The minimum atomic E-state index is -2.70. The molecule has 0 fully saturated rings. The first-order valence-electron chi connectivity index (χ1n) is 10.7. The summed E-state index contributed by atoms with van der Waals surface area (Å²) in [5.74, 6) is 0. The van der Waals surface area contributed by atoms with E-state index >= 15 is 0 Å². The van der Waals surface area contributed by atoms with Crippen molar-refractivity contribution in [2.45, 2.75) is 33.2 Å². The lowest BCUT2D eigenvalue weighted by Gasteiger charge is -2.28. The van der Waals surface area contributed by atoms with Gasteiger partial charge in [0.05, 0.1) is 16.7 Å². The predicted molar refractivity (Wildman–Crippen MR) is 124 cm³/mol. The number of rotatable bonds is 11. The Kier molecular flexibility index (Phi) is 8.30. The molecule has 0 aliphatic heterocycles. The number of nitrogens with zero attached hydrogens (tertiary/aromatic N) is 2. The van der Waals surface area contributed by atoms with Crippen molar-refractivity contribution in [3.8, 4) is 0 Å². The van der Waals surface area contributed by atoms with Gasteiger partial charge in [0.15, 0.2) is 0 Å². The van der Waals surface area contributed by atoms with Gasteiger partial charge in [0.2, 0.25) is 0 Å². The number of hydrogen-bond donors (Lipinski definition) is 2. The highest BCUT2D eigenvalue weighted by Gasteiger charge is 2.39. The largest absolute Gasteiger partial charge is 0.500 e. The minimum Gasteiger partial charge on any atom is -0.374 e. The van der Waals surface area contributed by atoms with Crippen LogP contribution in [0, 0.1) is 0 Å². The normalized spacial score (nSPS) is 11.7. The molecule has 8 nitrogen and oxygen atoms in total. The van der Waals surface area contributed by atoms with E-state index in [1.54, 1.807) is 12.4 Å². The number of hydrogen-bond acceptors (Lipinski definition) is 6. The average Bonchev–Trinajstić information content (AvgIpc) is 2.77. The van der Waals surface area contributed by atoms with E-state index in [1.165, 1.54) is 0 Å². The number of carbonyl (C=O) groups excluding carboxylic acids is 1. The van der Waals surface area contributed by atoms with Crippen LogP contribution in [-0.2, 0) is 13.3 Å². The fourth-order valence-corrected chi connectivity index (χ4v) is 6.17. The zero-order chi connectivity index (χ0) is 22.1. The van der Waals surface area contributed by atoms with Crippen LogP contribution in [0.2, 0.25) is 6.04 Å². The third-order valence-electron chi connectivity index (χ3n) is 4.75. The maximum Gasteiger partial charge on any atom is 0.500 e. The molecule has 0 atom stereocenters. The van der Waals surface area contributed by atoms with Gasteiger partial charge < -0.3 is 23.9 Å². The summed E-state index contributed by atoms with van der Waals surface area (Å²) in [7, 11) is -2.70. The lowest BCUT2D eigenvalue weighted by molar-refractivity contribution is 0.0708. The highest BCUT2D eigenvalue weighted by molar-refractivity contribution is 6.60. The number of amides is 2. The molecule has 166 valence electrons. The first-order chi connectivity index (χ1) is 15.1. The fourth-order valence-electron chi connectivity index (χ4n) is 3.55. The number of aromatic nitrogens is 2. The zero-order valence-electron chi connectivity index (χ0n) is 18.3. The van der Waals surface area contributed by atoms with Crippen LogP contribution in [0.25, 0.3) is 21.8 Å². The van der Waals surface area contributed by atoms with E-state index in [4.69, 9.17) is 13.3 Å². The van der Waals surface area contributed by atoms with E-state index in [0.29, 0.717) is 44.5 Å². The highest BCUT2D eigenvalue weighted by Crippen LogP contribution is 2.29. The van der Waals surface area contributed by atoms with Crippen molar-refractivity contribution in [3.05, 3.63) is 42.7 Å². The summed E-state index contributed by atoms with van der Waals surface area (Å²) in [5.41, 5.74) is 2.27. The number of carbonyl (C=O) groups is 1. The van der Waals surface area contributed by atoms with Gasteiger partial charge in [-0.15, -0.1) is 0 Å². The maximum absolute atomic E-state index is 12.6. The second-order valence-corrected chi connectivity index (χ2v) is 9.60. The van der Waals surface area contributed by atoms with Gasteiger partial charge in [0.25, 0.3) is 0 Å². The summed E-state index contributed by atoms with van der Waals surface area (Å²) in [6, 6.07) is 9.90. The summed E-state index contributed by atoms with van der Waals surface area (Å²) in [4.78, 5) is 21.4. The van der Waals surface area contributed by atoms with Crippen molar-refractivity contribution in [2.24, 2.45) is 0 Å². The Morgan fingerprint density at radius 1 is 0.968 bits per heavy atom. The van der Waals surface area contributed by atoms with E-state index in [9.17, 15) is 4.79 Å². The standard InChI is InChI=1S/C22H30N4O4Si/c1-4-28-31(29-5-2,30-6-3)15-9-14-25-22(27)26-19-16-17-10-7-12-23-20(17)21-18(19)11-8-13-24-21/h7-8,10-13,16H,4-6,9,14-15H2,1-3H3,(H2,25,26,27). The maximum atomic E-state index is 12.6. The second kappa shape index (κ2) is 11.1. The van der Waals surface area contributed by atoms with Crippen molar-refractivity contribution >= 4 is 42.3 Å². The molecule has 2 aromatic heterocycles. The number of benzene rings is 1. The number of fused-ring (bicyclic) bond motifs is 3. The van der Waals surface area contributed by atoms with Gasteiger partial charge in [-0.3, -0.25) is 9.97 Å². The van der Waals surface area contributed by atoms with Crippen molar-refractivity contribution < 1.29 is 18.1 Å². The van der Waals surface area contributed by atoms with Gasteiger partial charge in [-0.2, -0.15) is 0 Å². The van der Waals surface area contributed by atoms with Crippen molar-refractivity contribution in [1.29, 1.82) is 0 Å². The van der Waals surface area contributed by atoms with E-state index in [-0.39, 0.29) is 6.03 Å².